The van der Waals surface area contributed by atoms with E-state index in [2.05, 4.69) is 5.32 Å². The zero-order chi connectivity index (χ0) is 9.84. The van der Waals surface area contributed by atoms with Crippen LogP contribution in [0, 0.1) is 0 Å². The Morgan fingerprint density at radius 1 is 1.38 bits per heavy atom. The first-order valence-corrected chi connectivity index (χ1v) is 4.64. The SMILES string of the molecule is CN(N)C(=O)N[C@H]1CC[C@H](N)CC1. The van der Waals surface area contributed by atoms with E-state index in [-0.39, 0.29) is 12.1 Å². The summed E-state index contributed by atoms with van der Waals surface area (Å²) >= 11 is 0. The first-order valence-electron chi connectivity index (χ1n) is 4.64. The lowest BCUT2D eigenvalue weighted by molar-refractivity contribution is 0.200. The number of amides is 2. The number of carbonyl (C=O) groups is 1. The number of hydrogen-bond donors (Lipinski definition) is 3. The monoisotopic (exact) mass is 186 g/mol. The molecule has 0 spiro atoms. The van der Waals surface area contributed by atoms with Crippen LogP contribution in [0.3, 0.4) is 0 Å². The molecule has 1 saturated carbocycles. The number of hydrazine groups is 1. The van der Waals surface area contributed by atoms with Gasteiger partial charge in [-0.1, -0.05) is 0 Å². The lowest BCUT2D eigenvalue weighted by atomic mass is 9.92. The van der Waals surface area contributed by atoms with E-state index in [0.717, 1.165) is 30.7 Å². The zero-order valence-corrected chi connectivity index (χ0v) is 7.99. The van der Waals surface area contributed by atoms with E-state index < -0.39 is 0 Å². The van der Waals surface area contributed by atoms with Crippen molar-refractivity contribution in [3.8, 4) is 0 Å². The van der Waals surface area contributed by atoms with Gasteiger partial charge >= 0.3 is 6.03 Å². The largest absolute Gasteiger partial charge is 0.334 e. The summed E-state index contributed by atoms with van der Waals surface area (Å²) in [5, 5.41) is 3.91. The van der Waals surface area contributed by atoms with Crippen LogP contribution >= 0.6 is 0 Å². The normalized spacial score (nSPS) is 28.2. The first kappa shape index (κ1) is 10.3. The molecular weight excluding hydrogens is 168 g/mol. The number of nitrogens with zero attached hydrogens (tertiary/aromatic N) is 1. The Morgan fingerprint density at radius 3 is 2.38 bits per heavy atom. The van der Waals surface area contributed by atoms with Crippen LogP contribution < -0.4 is 16.9 Å². The van der Waals surface area contributed by atoms with E-state index in [4.69, 9.17) is 11.6 Å². The van der Waals surface area contributed by atoms with Crippen LogP contribution in [0.1, 0.15) is 25.7 Å². The van der Waals surface area contributed by atoms with Gasteiger partial charge in [0, 0.05) is 19.1 Å². The molecule has 0 radical (unpaired) electrons. The molecule has 76 valence electrons. The summed E-state index contributed by atoms with van der Waals surface area (Å²) in [6.07, 6.45) is 3.89. The molecule has 0 bridgehead atoms. The molecule has 0 aromatic rings. The molecule has 0 heterocycles. The second kappa shape index (κ2) is 4.43. The van der Waals surface area contributed by atoms with Gasteiger partial charge in [-0.15, -0.1) is 0 Å². The van der Waals surface area contributed by atoms with Crippen molar-refractivity contribution in [2.45, 2.75) is 37.8 Å². The molecule has 5 nitrogen and oxygen atoms in total. The maximum absolute atomic E-state index is 11.2. The lowest BCUT2D eigenvalue weighted by Gasteiger charge is -2.27. The van der Waals surface area contributed by atoms with Gasteiger partial charge in [0.05, 0.1) is 0 Å². The van der Waals surface area contributed by atoms with Crippen molar-refractivity contribution in [3.05, 3.63) is 0 Å². The smallest absolute Gasteiger partial charge is 0.331 e. The molecule has 0 aromatic carbocycles. The van der Waals surface area contributed by atoms with Crippen LogP contribution in [0.25, 0.3) is 0 Å². The number of rotatable bonds is 1. The van der Waals surface area contributed by atoms with Crippen LogP contribution in [0.5, 0.6) is 0 Å². The molecule has 0 atom stereocenters. The van der Waals surface area contributed by atoms with E-state index >= 15 is 0 Å². The highest BCUT2D eigenvalue weighted by molar-refractivity contribution is 5.73. The maximum atomic E-state index is 11.2. The standard InChI is InChI=1S/C8H18N4O/c1-12(10)8(13)11-7-4-2-6(9)3-5-7/h6-7H,2-5,9-10H2,1H3,(H,11,13)/t6-,7-. The number of nitrogens with two attached hydrogens (primary N) is 2. The molecule has 1 aliphatic rings. The Bertz CT molecular complexity index is 175. The molecule has 2 amide bonds. The number of hydrogen-bond acceptors (Lipinski definition) is 3. The van der Waals surface area contributed by atoms with Crippen molar-refractivity contribution < 1.29 is 4.79 Å². The third-order valence-corrected chi connectivity index (χ3v) is 2.42. The van der Waals surface area contributed by atoms with Gasteiger partial charge < -0.3 is 11.1 Å². The first-order chi connectivity index (χ1) is 6.09. The number of nitrogens with one attached hydrogen (secondary N) is 1. The number of urea groups is 1. The molecule has 1 aliphatic carbocycles. The predicted octanol–water partition coefficient (Wildman–Crippen LogP) is -0.229. The Morgan fingerprint density at radius 2 is 1.92 bits per heavy atom. The predicted molar refractivity (Wildman–Crippen MR) is 50.7 cm³/mol. The van der Waals surface area contributed by atoms with Crippen LogP contribution in [-0.4, -0.2) is 30.2 Å². The van der Waals surface area contributed by atoms with E-state index in [1.54, 1.807) is 0 Å². The minimum absolute atomic E-state index is 0.222. The van der Waals surface area contributed by atoms with Crippen molar-refractivity contribution in [2.24, 2.45) is 11.6 Å². The fraction of sp³-hybridized carbons (Fsp3) is 0.875. The molecule has 0 saturated heterocycles. The average Bonchev–Trinajstić information content (AvgIpc) is 2.08. The van der Waals surface area contributed by atoms with Gasteiger partial charge in [-0.05, 0) is 25.7 Å². The third-order valence-electron chi connectivity index (χ3n) is 2.42. The summed E-state index contributed by atoms with van der Waals surface area (Å²) in [6.45, 7) is 0. The maximum Gasteiger partial charge on any atom is 0.331 e. The topological polar surface area (TPSA) is 84.4 Å². The Balaban J connectivity index is 2.26. The van der Waals surface area contributed by atoms with Crippen LogP contribution in [0.2, 0.25) is 0 Å². The highest BCUT2D eigenvalue weighted by atomic mass is 16.2. The van der Waals surface area contributed by atoms with Gasteiger partial charge in [0.1, 0.15) is 0 Å². The summed E-state index contributed by atoms with van der Waals surface area (Å²) in [7, 11) is 1.53. The molecule has 0 unspecified atom stereocenters. The van der Waals surface area contributed by atoms with Crippen molar-refractivity contribution >= 4 is 6.03 Å². The molecule has 5 N–H and O–H groups in total. The summed E-state index contributed by atoms with van der Waals surface area (Å²) < 4.78 is 0. The summed E-state index contributed by atoms with van der Waals surface area (Å²) in [6, 6.07) is 0.336. The van der Waals surface area contributed by atoms with Gasteiger partial charge in [0.25, 0.3) is 0 Å². The summed E-state index contributed by atoms with van der Waals surface area (Å²) in [5.74, 6) is 5.28. The van der Waals surface area contributed by atoms with Crippen molar-refractivity contribution in [1.29, 1.82) is 0 Å². The fourth-order valence-electron chi connectivity index (χ4n) is 1.54. The van der Waals surface area contributed by atoms with E-state index in [9.17, 15) is 4.79 Å². The van der Waals surface area contributed by atoms with Crippen molar-refractivity contribution in [1.82, 2.24) is 10.3 Å². The molecule has 1 fully saturated rings. The number of carbonyl (C=O) groups excluding carboxylic acids is 1. The van der Waals surface area contributed by atoms with Crippen LogP contribution in [0.15, 0.2) is 0 Å². The van der Waals surface area contributed by atoms with Gasteiger partial charge in [-0.25, -0.2) is 10.6 Å². The van der Waals surface area contributed by atoms with Gasteiger partial charge in [0.2, 0.25) is 0 Å². The summed E-state index contributed by atoms with van der Waals surface area (Å²) in [5.41, 5.74) is 5.74. The molecule has 13 heavy (non-hydrogen) atoms. The highest BCUT2D eigenvalue weighted by Gasteiger charge is 2.20. The Kier molecular flexibility index (Phi) is 3.50. The molecule has 0 aliphatic heterocycles. The van der Waals surface area contributed by atoms with E-state index in [1.807, 2.05) is 0 Å². The van der Waals surface area contributed by atoms with E-state index in [1.165, 1.54) is 7.05 Å². The minimum atomic E-state index is -0.222. The van der Waals surface area contributed by atoms with Crippen LogP contribution in [0.4, 0.5) is 4.79 Å². The zero-order valence-electron chi connectivity index (χ0n) is 7.99. The van der Waals surface area contributed by atoms with Crippen molar-refractivity contribution in [2.75, 3.05) is 7.05 Å². The average molecular weight is 186 g/mol. The van der Waals surface area contributed by atoms with E-state index in [0.29, 0.717) is 6.04 Å². The van der Waals surface area contributed by atoms with Crippen molar-refractivity contribution in [3.63, 3.8) is 0 Å². The molecule has 0 aromatic heterocycles. The second-order valence-electron chi connectivity index (χ2n) is 3.67. The quantitative estimate of drug-likeness (QED) is 0.300. The molecule has 5 heteroatoms. The third kappa shape index (κ3) is 3.20. The lowest BCUT2D eigenvalue weighted by Crippen LogP contribution is -2.48. The second-order valence-corrected chi connectivity index (χ2v) is 3.67. The van der Waals surface area contributed by atoms with Gasteiger partial charge in [-0.3, -0.25) is 5.01 Å². The summed E-state index contributed by atoms with van der Waals surface area (Å²) in [4.78, 5) is 11.2. The van der Waals surface area contributed by atoms with Gasteiger partial charge in [0.15, 0.2) is 0 Å². The molecular formula is C8H18N4O. The van der Waals surface area contributed by atoms with Gasteiger partial charge in [-0.2, -0.15) is 0 Å². The Hall–Kier alpha value is -0.810. The Labute approximate surface area is 78.4 Å². The fourth-order valence-corrected chi connectivity index (χ4v) is 1.54. The van der Waals surface area contributed by atoms with Crippen LogP contribution in [-0.2, 0) is 0 Å². The molecule has 1 rings (SSSR count). The highest BCUT2D eigenvalue weighted by Crippen LogP contribution is 2.16. The minimum Gasteiger partial charge on any atom is -0.334 e.